The highest BCUT2D eigenvalue weighted by Gasteiger charge is 2.24. The minimum atomic E-state index is -1.20. The first kappa shape index (κ1) is 20.6. The van der Waals surface area contributed by atoms with Crippen molar-refractivity contribution in [3.63, 3.8) is 0 Å². The quantitative estimate of drug-likeness (QED) is 0.503. The Kier molecular flexibility index (Phi) is 7.99. The molecule has 1 aromatic heterocycles. The lowest BCUT2D eigenvalue weighted by Gasteiger charge is -2.21. The van der Waals surface area contributed by atoms with Crippen molar-refractivity contribution in [3.8, 4) is 0 Å². The highest BCUT2D eigenvalue weighted by atomic mass is 32.2. The molecule has 1 unspecified atom stereocenters. The van der Waals surface area contributed by atoms with E-state index in [9.17, 15) is 14.4 Å². The van der Waals surface area contributed by atoms with Gasteiger partial charge in [-0.1, -0.05) is 6.07 Å². The molecule has 1 aromatic rings. The Labute approximate surface area is 149 Å². The van der Waals surface area contributed by atoms with Gasteiger partial charge in [-0.15, -0.1) is 11.8 Å². The third-order valence-corrected chi connectivity index (χ3v) is 3.54. The van der Waals surface area contributed by atoms with Gasteiger partial charge >= 0.3 is 12.1 Å². The maximum Gasteiger partial charge on any atom is 0.408 e. The SMILES string of the molecule is CC(C)(C)OC(=O)NC(CSCC(=O)NNc1ccccn1)C(=O)O. The lowest BCUT2D eigenvalue weighted by atomic mass is 10.2. The zero-order chi connectivity index (χ0) is 18.9. The van der Waals surface area contributed by atoms with E-state index < -0.39 is 23.7 Å². The third-order valence-electron chi connectivity index (χ3n) is 2.50. The van der Waals surface area contributed by atoms with Gasteiger partial charge in [0.05, 0.1) is 5.75 Å². The lowest BCUT2D eigenvalue weighted by Crippen LogP contribution is -2.45. The molecule has 2 amide bonds. The Hall–Kier alpha value is -2.49. The van der Waals surface area contributed by atoms with Gasteiger partial charge in [0.15, 0.2) is 0 Å². The van der Waals surface area contributed by atoms with Gasteiger partial charge < -0.3 is 15.2 Å². The van der Waals surface area contributed by atoms with E-state index in [4.69, 9.17) is 9.84 Å². The maximum absolute atomic E-state index is 11.7. The van der Waals surface area contributed by atoms with Crippen LogP contribution < -0.4 is 16.2 Å². The Morgan fingerprint density at radius 3 is 2.60 bits per heavy atom. The zero-order valence-corrected chi connectivity index (χ0v) is 15.1. The van der Waals surface area contributed by atoms with Crippen LogP contribution >= 0.6 is 11.8 Å². The van der Waals surface area contributed by atoms with Gasteiger partial charge in [-0.05, 0) is 32.9 Å². The number of carbonyl (C=O) groups is 3. The zero-order valence-electron chi connectivity index (χ0n) is 14.2. The van der Waals surface area contributed by atoms with Crippen LogP contribution in [0.25, 0.3) is 0 Å². The number of pyridine rings is 1. The summed E-state index contributed by atoms with van der Waals surface area (Å²) in [6, 6.07) is 4.03. The van der Waals surface area contributed by atoms with Crippen molar-refractivity contribution in [3.05, 3.63) is 24.4 Å². The summed E-state index contributed by atoms with van der Waals surface area (Å²) in [4.78, 5) is 38.5. The molecule has 4 N–H and O–H groups in total. The van der Waals surface area contributed by atoms with Crippen LogP contribution in [0, 0.1) is 0 Å². The van der Waals surface area contributed by atoms with Crippen molar-refractivity contribution in [2.24, 2.45) is 0 Å². The predicted molar refractivity (Wildman–Crippen MR) is 94.1 cm³/mol. The van der Waals surface area contributed by atoms with Gasteiger partial charge in [-0.3, -0.25) is 15.6 Å². The molecule has 25 heavy (non-hydrogen) atoms. The summed E-state index contributed by atoms with van der Waals surface area (Å²) >= 11 is 1.07. The standard InChI is InChI=1S/C15H22N4O5S/c1-15(2,3)24-14(23)17-10(13(21)22)8-25-9-12(20)19-18-11-6-4-5-7-16-11/h4-7,10H,8-9H2,1-3H3,(H,16,18)(H,17,23)(H,19,20)(H,21,22). The van der Waals surface area contributed by atoms with E-state index in [-0.39, 0.29) is 17.4 Å². The second-order valence-electron chi connectivity index (χ2n) is 5.94. The topological polar surface area (TPSA) is 130 Å². The smallest absolute Gasteiger partial charge is 0.408 e. The molecule has 0 aromatic carbocycles. The summed E-state index contributed by atoms with van der Waals surface area (Å²) in [5, 5.41) is 11.4. The van der Waals surface area contributed by atoms with Gasteiger partial charge in [-0.25, -0.2) is 14.6 Å². The number of anilines is 1. The molecule has 0 aliphatic carbocycles. The number of carboxylic acid groups (broad SMARTS) is 1. The summed E-state index contributed by atoms with van der Waals surface area (Å²) in [5.41, 5.74) is 4.35. The molecule has 0 saturated carbocycles. The van der Waals surface area contributed by atoms with E-state index in [0.29, 0.717) is 5.82 Å². The van der Waals surface area contributed by atoms with Crippen LogP contribution in [0.4, 0.5) is 10.6 Å². The van der Waals surface area contributed by atoms with Crippen molar-refractivity contribution >= 4 is 35.5 Å². The third kappa shape index (κ3) is 9.40. The van der Waals surface area contributed by atoms with Gasteiger partial charge in [0, 0.05) is 11.9 Å². The number of amides is 2. The van der Waals surface area contributed by atoms with E-state index in [0.717, 1.165) is 11.8 Å². The van der Waals surface area contributed by atoms with E-state index in [1.165, 1.54) is 0 Å². The van der Waals surface area contributed by atoms with Gasteiger partial charge in [-0.2, -0.15) is 0 Å². The van der Waals surface area contributed by atoms with E-state index in [2.05, 4.69) is 21.2 Å². The molecule has 1 heterocycles. The van der Waals surface area contributed by atoms with Gasteiger partial charge in [0.25, 0.3) is 0 Å². The molecule has 0 spiro atoms. The van der Waals surface area contributed by atoms with Crippen molar-refractivity contribution in [2.45, 2.75) is 32.4 Å². The summed E-state index contributed by atoms with van der Waals surface area (Å²) in [5.74, 6) is -1.04. The Morgan fingerprint density at radius 1 is 1.32 bits per heavy atom. The Bertz CT molecular complexity index is 591. The number of carboxylic acids is 1. The first-order chi connectivity index (χ1) is 11.7. The molecule has 0 bridgehead atoms. The second-order valence-corrected chi connectivity index (χ2v) is 6.97. The highest BCUT2D eigenvalue weighted by Crippen LogP contribution is 2.08. The molecule has 0 radical (unpaired) electrons. The van der Waals surface area contributed by atoms with Crippen LogP contribution in [0.3, 0.4) is 0 Å². The average molecular weight is 370 g/mol. The van der Waals surface area contributed by atoms with Crippen LogP contribution in [-0.4, -0.2) is 51.2 Å². The van der Waals surface area contributed by atoms with Crippen molar-refractivity contribution in [1.29, 1.82) is 0 Å². The maximum atomic E-state index is 11.7. The number of aromatic nitrogens is 1. The minimum absolute atomic E-state index is 0.0135. The highest BCUT2D eigenvalue weighted by molar-refractivity contribution is 8.00. The monoisotopic (exact) mass is 370 g/mol. The fourth-order valence-electron chi connectivity index (χ4n) is 1.50. The van der Waals surface area contributed by atoms with Crippen LogP contribution in [0.2, 0.25) is 0 Å². The Balaban J connectivity index is 2.33. The lowest BCUT2D eigenvalue weighted by molar-refractivity contribution is -0.138. The number of rotatable bonds is 8. The average Bonchev–Trinajstić information content (AvgIpc) is 2.51. The van der Waals surface area contributed by atoms with Crippen LogP contribution in [0.15, 0.2) is 24.4 Å². The summed E-state index contributed by atoms with van der Waals surface area (Å²) in [6.45, 7) is 5.03. The number of thioether (sulfide) groups is 1. The van der Waals surface area contributed by atoms with Gasteiger partial charge in [0.2, 0.25) is 5.91 Å². The molecule has 0 fully saturated rings. The van der Waals surface area contributed by atoms with E-state index in [1.807, 2.05) is 0 Å². The second kappa shape index (κ2) is 9.72. The number of hydrogen-bond acceptors (Lipinski definition) is 7. The normalized spacial score (nSPS) is 12.0. The fourth-order valence-corrected chi connectivity index (χ4v) is 2.34. The van der Waals surface area contributed by atoms with E-state index in [1.54, 1.807) is 45.2 Å². The molecule has 0 aliphatic heterocycles. The summed E-state index contributed by atoms with van der Waals surface area (Å²) in [7, 11) is 0. The minimum Gasteiger partial charge on any atom is -0.480 e. The number of nitrogens with one attached hydrogen (secondary N) is 3. The first-order valence-electron chi connectivity index (χ1n) is 7.43. The molecule has 9 nitrogen and oxygen atoms in total. The van der Waals surface area contributed by atoms with Crippen molar-refractivity contribution < 1.29 is 24.2 Å². The number of nitrogens with zero attached hydrogens (tertiary/aromatic N) is 1. The molecule has 1 rings (SSSR count). The molecule has 138 valence electrons. The Morgan fingerprint density at radius 2 is 2.04 bits per heavy atom. The van der Waals surface area contributed by atoms with Gasteiger partial charge in [0.1, 0.15) is 17.5 Å². The molecule has 0 saturated heterocycles. The molecular formula is C15H22N4O5S. The number of ether oxygens (including phenoxy) is 1. The summed E-state index contributed by atoms with van der Waals surface area (Å²) in [6.07, 6.45) is 0.755. The predicted octanol–water partition coefficient (Wildman–Crippen LogP) is 1.24. The fraction of sp³-hybridized carbons (Fsp3) is 0.467. The van der Waals surface area contributed by atoms with Crippen molar-refractivity contribution in [2.75, 3.05) is 16.9 Å². The van der Waals surface area contributed by atoms with E-state index >= 15 is 0 Å². The largest absolute Gasteiger partial charge is 0.480 e. The number of hydrogen-bond donors (Lipinski definition) is 4. The first-order valence-corrected chi connectivity index (χ1v) is 8.59. The van der Waals surface area contributed by atoms with Crippen LogP contribution in [-0.2, 0) is 14.3 Å². The van der Waals surface area contributed by atoms with Crippen molar-refractivity contribution in [1.82, 2.24) is 15.7 Å². The number of hydrazine groups is 1. The molecule has 0 aliphatic rings. The molecular weight excluding hydrogens is 348 g/mol. The molecule has 10 heteroatoms. The molecule has 1 atom stereocenters. The summed E-state index contributed by atoms with van der Waals surface area (Å²) < 4.78 is 5.01. The van der Waals surface area contributed by atoms with Crippen LogP contribution in [0.1, 0.15) is 20.8 Å². The number of carbonyl (C=O) groups excluding carboxylic acids is 2. The number of aliphatic carboxylic acids is 1. The number of alkyl carbamates (subject to hydrolysis) is 1. The van der Waals surface area contributed by atoms with Crippen LogP contribution in [0.5, 0.6) is 0 Å².